The number of nitro groups is 1. The quantitative estimate of drug-likeness (QED) is 0.318. The van der Waals surface area contributed by atoms with Gasteiger partial charge in [-0.3, -0.25) is 14.8 Å². The Balaban J connectivity index is 1.85. The Morgan fingerprint density at radius 1 is 1.00 bits per heavy atom. The molecule has 1 aromatic heterocycles. The second kappa shape index (κ2) is 8.86. The average molecular weight is 497 g/mol. The van der Waals surface area contributed by atoms with E-state index in [2.05, 4.69) is 10.0 Å². The van der Waals surface area contributed by atoms with Gasteiger partial charge in [0.2, 0.25) is 10.0 Å². The summed E-state index contributed by atoms with van der Waals surface area (Å²) in [5, 5.41) is 19.5. The lowest BCUT2D eigenvalue weighted by atomic mass is 10.1. The van der Waals surface area contributed by atoms with Gasteiger partial charge < -0.3 is 5.32 Å². The second-order valence-corrected chi connectivity index (χ2v) is 11.6. The molecule has 0 bridgehead atoms. The van der Waals surface area contributed by atoms with E-state index in [0.29, 0.717) is 10.6 Å². The Morgan fingerprint density at radius 3 is 2.28 bits per heavy atom. The molecule has 0 amide bonds. The summed E-state index contributed by atoms with van der Waals surface area (Å²) in [4.78, 5) is 11.2. The number of nitrogens with two attached hydrogens (primary N) is 1. The summed E-state index contributed by atoms with van der Waals surface area (Å²) >= 11 is 0.933. The van der Waals surface area contributed by atoms with Crippen molar-refractivity contribution in [3.05, 3.63) is 74.6 Å². The van der Waals surface area contributed by atoms with Crippen LogP contribution < -0.4 is 15.2 Å². The maximum absolute atomic E-state index is 12.8. The summed E-state index contributed by atoms with van der Waals surface area (Å²) in [6, 6.07) is 11.6. The highest BCUT2D eigenvalue weighted by molar-refractivity contribution is 7.92. The Morgan fingerprint density at radius 2 is 1.69 bits per heavy atom. The van der Waals surface area contributed by atoms with E-state index in [9.17, 15) is 26.9 Å². The Labute approximate surface area is 189 Å². The van der Waals surface area contributed by atoms with Crippen LogP contribution in [0.2, 0.25) is 0 Å². The standard InChI is InChI=1S/C19H20N4O6S3/c1-12-3-6-16(13(2)9-12)22-32(28,29)15-5-7-17(18(10-15)23(24)25)21-11-14-4-8-19(30-14)31(20,26)27/h3-10,21-22H,11H2,1-2H3,(H2,20,26,27). The number of hydrogen-bond donors (Lipinski definition) is 3. The monoisotopic (exact) mass is 496 g/mol. The third-order valence-corrected chi connectivity index (χ3v) is 8.36. The van der Waals surface area contributed by atoms with E-state index in [1.54, 1.807) is 19.1 Å². The molecule has 0 saturated carbocycles. The van der Waals surface area contributed by atoms with Crippen LogP contribution >= 0.6 is 11.3 Å². The number of aryl methyl sites for hydroxylation is 2. The van der Waals surface area contributed by atoms with Gasteiger partial charge in [-0.15, -0.1) is 11.3 Å². The molecular formula is C19H20N4O6S3. The number of primary sulfonamides is 1. The van der Waals surface area contributed by atoms with Gasteiger partial charge in [0.1, 0.15) is 9.90 Å². The Hall–Kier alpha value is -3.00. The van der Waals surface area contributed by atoms with Crippen molar-refractivity contribution < 1.29 is 21.8 Å². The molecule has 32 heavy (non-hydrogen) atoms. The lowest BCUT2D eigenvalue weighted by Crippen LogP contribution is -2.14. The predicted octanol–water partition coefficient (Wildman–Crippen LogP) is 3.33. The van der Waals surface area contributed by atoms with Crippen molar-refractivity contribution in [1.29, 1.82) is 0 Å². The van der Waals surface area contributed by atoms with Gasteiger partial charge in [0, 0.05) is 17.5 Å². The van der Waals surface area contributed by atoms with Gasteiger partial charge in [-0.05, 0) is 49.7 Å². The molecule has 2 aromatic carbocycles. The van der Waals surface area contributed by atoms with E-state index >= 15 is 0 Å². The molecule has 0 aliphatic rings. The Bertz CT molecular complexity index is 1400. The number of benzene rings is 2. The van der Waals surface area contributed by atoms with Crippen molar-refractivity contribution in [1.82, 2.24) is 0 Å². The van der Waals surface area contributed by atoms with Crippen LogP contribution in [0.25, 0.3) is 0 Å². The van der Waals surface area contributed by atoms with Gasteiger partial charge in [-0.1, -0.05) is 17.7 Å². The summed E-state index contributed by atoms with van der Waals surface area (Å²) in [5.41, 5.74) is 1.72. The van der Waals surface area contributed by atoms with Gasteiger partial charge in [-0.25, -0.2) is 22.0 Å². The van der Waals surface area contributed by atoms with E-state index < -0.39 is 30.7 Å². The molecule has 0 unspecified atom stereocenters. The SMILES string of the molecule is Cc1ccc(NS(=O)(=O)c2ccc(NCc3ccc(S(N)(=O)=O)s3)c([N+](=O)[O-])c2)c(C)c1. The summed E-state index contributed by atoms with van der Waals surface area (Å²) in [6.45, 7) is 3.73. The Kier molecular flexibility index (Phi) is 6.55. The third kappa shape index (κ3) is 5.43. The van der Waals surface area contributed by atoms with E-state index in [0.717, 1.165) is 28.5 Å². The van der Waals surface area contributed by atoms with Crippen LogP contribution in [0.1, 0.15) is 16.0 Å². The molecular weight excluding hydrogens is 476 g/mol. The molecule has 3 rings (SSSR count). The van der Waals surface area contributed by atoms with E-state index in [-0.39, 0.29) is 21.3 Å². The van der Waals surface area contributed by atoms with Crippen molar-refractivity contribution in [2.75, 3.05) is 10.0 Å². The summed E-state index contributed by atoms with van der Waals surface area (Å²) in [5.74, 6) is 0. The minimum absolute atomic E-state index is 0.0253. The number of nitro benzene ring substituents is 1. The van der Waals surface area contributed by atoms with Crippen LogP contribution in [0.4, 0.5) is 17.1 Å². The normalized spacial score (nSPS) is 11.8. The molecule has 0 atom stereocenters. The lowest BCUT2D eigenvalue weighted by molar-refractivity contribution is -0.384. The van der Waals surface area contributed by atoms with Crippen LogP contribution in [0, 0.1) is 24.0 Å². The molecule has 4 N–H and O–H groups in total. The number of hydrogen-bond acceptors (Lipinski definition) is 8. The fourth-order valence-electron chi connectivity index (χ4n) is 2.90. The molecule has 10 nitrogen and oxygen atoms in total. The van der Waals surface area contributed by atoms with Gasteiger partial charge in [0.15, 0.2) is 0 Å². The zero-order valence-electron chi connectivity index (χ0n) is 17.0. The molecule has 0 saturated heterocycles. The van der Waals surface area contributed by atoms with Crippen LogP contribution in [-0.4, -0.2) is 21.8 Å². The van der Waals surface area contributed by atoms with E-state index in [1.165, 1.54) is 24.3 Å². The second-order valence-electron chi connectivity index (χ2n) is 6.98. The van der Waals surface area contributed by atoms with Gasteiger partial charge >= 0.3 is 0 Å². The molecule has 3 aromatic rings. The fraction of sp³-hybridized carbons (Fsp3) is 0.158. The molecule has 170 valence electrons. The average Bonchev–Trinajstić information content (AvgIpc) is 3.18. The molecule has 0 aliphatic carbocycles. The van der Waals surface area contributed by atoms with Crippen LogP contribution in [0.3, 0.4) is 0 Å². The molecule has 0 spiro atoms. The molecule has 0 radical (unpaired) electrons. The highest BCUT2D eigenvalue weighted by Gasteiger charge is 2.22. The van der Waals surface area contributed by atoms with Gasteiger partial charge in [0.05, 0.1) is 15.5 Å². The van der Waals surface area contributed by atoms with Crippen LogP contribution in [-0.2, 0) is 26.6 Å². The number of sulfonamides is 2. The summed E-state index contributed by atoms with van der Waals surface area (Å²) in [6.07, 6.45) is 0. The van der Waals surface area contributed by atoms with Crippen molar-refractivity contribution in [2.45, 2.75) is 29.5 Å². The first kappa shape index (κ1) is 23.7. The first-order valence-electron chi connectivity index (χ1n) is 9.11. The number of nitrogens with one attached hydrogen (secondary N) is 2. The number of anilines is 2. The molecule has 13 heteroatoms. The number of rotatable bonds is 8. The highest BCUT2D eigenvalue weighted by atomic mass is 32.2. The molecule has 0 aliphatic heterocycles. The summed E-state index contributed by atoms with van der Waals surface area (Å²) in [7, 11) is -7.89. The van der Waals surface area contributed by atoms with Crippen molar-refractivity contribution in [3.63, 3.8) is 0 Å². The first-order chi connectivity index (χ1) is 14.9. The fourth-order valence-corrected chi connectivity index (χ4v) is 5.77. The molecule has 1 heterocycles. The van der Waals surface area contributed by atoms with Crippen LogP contribution in [0.15, 0.2) is 57.6 Å². The van der Waals surface area contributed by atoms with Crippen LogP contribution in [0.5, 0.6) is 0 Å². The highest BCUT2D eigenvalue weighted by Crippen LogP contribution is 2.30. The van der Waals surface area contributed by atoms with Crippen molar-refractivity contribution in [2.24, 2.45) is 5.14 Å². The lowest BCUT2D eigenvalue weighted by Gasteiger charge is -2.12. The maximum atomic E-state index is 12.8. The molecule has 0 fully saturated rings. The summed E-state index contributed by atoms with van der Waals surface area (Å²) < 4.78 is 50.7. The largest absolute Gasteiger partial charge is 0.375 e. The van der Waals surface area contributed by atoms with E-state index in [1.807, 2.05) is 13.0 Å². The minimum atomic E-state index is -4.06. The predicted molar refractivity (Wildman–Crippen MR) is 123 cm³/mol. The zero-order valence-corrected chi connectivity index (χ0v) is 19.5. The number of thiophene rings is 1. The van der Waals surface area contributed by atoms with Crippen molar-refractivity contribution in [3.8, 4) is 0 Å². The number of nitrogens with zero attached hydrogens (tertiary/aromatic N) is 1. The first-order valence-corrected chi connectivity index (χ1v) is 13.0. The van der Waals surface area contributed by atoms with Crippen molar-refractivity contribution >= 4 is 48.4 Å². The maximum Gasteiger partial charge on any atom is 0.293 e. The smallest absolute Gasteiger partial charge is 0.293 e. The van der Waals surface area contributed by atoms with E-state index in [4.69, 9.17) is 5.14 Å². The van der Waals surface area contributed by atoms with Gasteiger partial charge in [-0.2, -0.15) is 0 Å². The topological polar surface area (TPSA) is 162 Å². The van der Waals surface area contributed by atoms with Gasteiger partial charge in [0.25, 0.3) is 15.7 Å². The third-order valence-electron chi connectivity index (χ3n) is 4.47. The minimum Gasteiger partial charge on any atom is -0.375 e. The zero-order chi connectivity index (χ0) is 23.7.